The first-order valence-electron chi connectivity index (χ1n) is 6.00. The SMILES string of the molecule is COC(C)(C)CNC1CCCN(C)CC1. The van der Waals surface area contributed by atoms with Crippen molar-refractivity contribution >= 4 is 0 Å². The summed E-state index contributed by atoms with van der Waals surface area (Å²) in [6.45, 7) is 7.65. The first kappa shape index (κ1) is 12.9. The molecule has 0 aromatic carbocycles. The number of hydrogen-bond acceptors (Lipinski definition) is 3. The fraction of sp³-hybridized carbons (Fsp3) is 1.00. The largest absolute Gasteiger partial charge is 0.377 e. The lowest BCUT2D eigenvalue weighted by Crippen LogP contribution is -2.42. The fourth-order valence-electron chi connectivity index (χ4n) is 1.91. The molecule has 0 spiro atoms. The molecule has 0 radical (unpaired) electrons. The van der Waals surface area contributed by atoms with Crippen LogP contribution in [0.1, 0.15) is 33.1 Å². The van der Waals surface area contributed by atoms with Crippen LogP contribution in [0, 0.1) is 0 Å². The van der Waals surface area contributed by atoms with E-state index in [0.29, 0.717) is 6.04 Å². The van der Waals surface area contributed by atoms with Gasteiger partial charge in [0.2, 0.25) is 0 Å². The predicted molar refractivity (Wildman–Crippen MR) is 64.2 cm³/mol. The molecule has 1 atom stereocenters. The second-order valence-corrected chi connectivity index (χ2v) is 5.28. The molecule has 1 aliphatic rings. The van der Waals surface area contributed by atoms with Crippen molar-refractivity contribution in [2.75, 3.05) is 33.8 Å². The Balaban J connectivity index is 2.26. The van der Waals surface area contributed by atoms with Crippen LogP contribution in [0.5, 0.6) is 0 Å². The third kappa shape index (κ3) is 4.96. The Morgan fingerprint density at radius 3 is 2.73 bits per heavy atom. The Labute approximate surface area is 94.2 Å². The number of nitrogens with zero attached hydrogens (tertiary/aromatic N) is 1. The van der Waals surface area contributed by atoms with Crippen molar-refractivity contribution in [3.63, 3.8) is 0 Å². The minimum absolute atomic E-state index is 0.0434. The van der Waals surface area contributed by atoms with E-state index in [9.17, 15) is 0 Å². The van der Waals surface area contributed by atoms with Gasteiger partial charge in [-0.1, -0.05) is 0 Å². The highest BCUT2D eigenvalue weighted by Crippen LogP contribution is 2.12. The van der Waals surface area contributed by atoms with Crippen LogP contribution in [0.4, 0.5) is 0 Å². The quantitative estimate of drug-likeness (QED) is 0.767. The van der Waals surface area contributed by atoms with Crippen LogP contribution in [-0.4, -0.2) is 50.3 Å². The normalized spacial score (nSPS) is 25.2. The summed E-state index contributed by atoms with van der Waals surface area (Å²) in [7, 11) is 3.99. The van der Waals surface area contributed by atoms with E-state index in [1.54, 1.807) is 7.11 Å². The van der Waals surface area contributed by atoms with Crippen molar-refractivity contribution in [1.82, 2.24) is 10.2 Å². The highest BCUT2D eigenvalue weighted by atomic mass is 16.5. The predicted octanol–water partition coefficient (Wildman–Crippen LogP) is 1.49. The molecule has 3 heteroatoms. The lowest BCUT2D eigenvalue weighted by molar-refractivity contribution is 0.0207. The molecule has 1 unspecified atom stereocenters. The van der Waals surface area contributed by atoms with Crippen molar-refractivity contribution < 1.29 is 4.74 Å². The molecule has 1 aliphatic heterocycles. The van der Waals surface area contributed by atoms with E-state index in [1.807, 2.05) is 0 Å². The first-order chi connectivity index (χ1) is 7.03. The van der Waals surface area contributed by atoms with Gasteiger partial charge < -0.3 is 15.0 Å². The second kappa shape index (κ2) is 5.83. The van der Waals surface area contributed by atoms with Gasteiger partial charge in [0, 0.05) is 19.7 Å². The summed E-state index contributed by atoms with van der Waals surface area (Å²) < 4.78 is 5.41. The van der Waals surface area contributed by atoms with Crippen LogP contribution in [-0.2, 0) is 4.74 Å². The zero-order valence-electron chi connectivity index (χ0n) is 10.7. The van der Waals surface area contributed by atoms with Gasteiger partial charge in [0.25, 0.3) is 0 Å². The van der Waals surface area contributed by atoms with Gasteiger partial charge in [0.15, 0.2) is 0 Å². The minimum atomic E-state index is -0.0434. The molecule has 3 nitrogen and oxygen atoms in total. The van der Waals surface area contributed by atoms with Crippen LogP contribution in [0.2, 0.25) is 0 Å². The molecule has 0 aliphatic carbocycles. The summed E-state index contributed by atoms with van der Waals surface area (Å²) in [5.74, 6) is 0. The van der Waals surface area contributed by atoms with Gasteiger partial charge in [0.1, 0.15) is 0 Å². The summed E-state index contributed by atoms with van der Waals surface area (Å²) in [5, 5.41) is 3.62. The van der Waals surface area contributed by atoms with Gasteiger partial charge >= 0.3 is 0 Å². The van der Waals surface area contributed by atoms with Crippen molar-refractivity contribution in [2.24, 2.45) is 0 Å². The van der Waals surface area contributed by atoms with E-state index in [-0.39, 0.29) is 5.60 Å². The second-order valence-electron chi connectivity index (χ2n) is 5.28. The Hall–Kier alpha value is -0.120. The Bertz CT molecular complexity index is 182. The van der Waals surface area contributed by atoms with Gasteiger partial charge in [-0.15, -0.1) is 0 Å². The van der Waals surface area contributed by atoms with Crippen LogP contribution in [0.3, 0.4) is 0 Å². The smallest absolute Gasteiger partial charge is 0.0746 e. The average Bonchev–Trinajstić information content (AvgIpc) is 2.40. The van der Waals surface area contributed by atoms with Crippen LogP contribution in [0.15, 0.2) is 0 Å². The van der Waals surface area contributed by atoms with Crippen LogP contribution >= 0.6 is 0 Å². The van der Waals surface area contributed by atoms with Crippen molar-refractivity contribution in [2.45, 2.75) is 44.8 Å². The molecule has 0 saturated carbocycles. The molecule has 90 valence electrons. The fourth-order valence-corrected chi connectivity index (χ4v) is 1.91. The number of ether oxygens (including phenoxy) is 1. The number of methoxy groups -OCH3 is 1. The first-order valence-corrected chi connectivity index (χ1v) is 6.00. The van der Waals surface area contributed by atoms with E-state index >= 15 is 0 Å². The van der Waals surface area contributed by atoms with Crippen molar-refractivity contribution in [3.05, 3.63) is 0 Å². The molecular formula is C12H26N2O. The summed E-state index contributed by atoms with van der Waals surface area (Å²) in [6.07, 6.45) is 3.86. The summed E-state index contributed by atoms with van der Waals surface area (Å²) in [4.78, 5) is 2.42. The summed E-state index contributed by atoms with van der Waals surface area (Å²) in [5.41, 5.74) is -0.0434. The van der Waals surface area contributed by atoms with Crippen molar-refractivity contribution in [3.8, 4) is 0 Å². The molecule has 1 heterocycles. The van der Waals surface area contributed by atoms with E-state index in [0.717, 1.165) is 6.54 Å². The third-order valence-electron chi connectivity index (χ3n) is 3.32. The Morgan fingerprint density at radius 2 is 2.07 bits per heavy atom. The van der Waals surface area contributed by atoms with E-state index in [2.05, 4.69) is 31.1 Å². The molecule has 1 saturated heterocycles. The molecule has 0 aromatic heterocycles. The molecule has 1 fully saturated rings. The number of hydrogen-bond donors (Lipinski definition) is 1. The van der Waals surface area contributed by atoms with Crippen LogP contribution < -0.4 is 5.32 Å². The van der Waals surface area contributed by atoms with Gasteiger partial charge in [-0.3, -0.25) is 0 Å². The maximum Gasteiger partial charge on any atom is 0.0746 e. The monoisotopic (exact) mass is 214 g/mol. The van der Waals surface area contributed by atoms with Gasteiger partial charge in [-0.05, 0) is 53.2 Å². The van der Waals surface area contributed by atoms with E-state index < -0.39 is 0 Å². The summed E-state index contributed by atoms with van der Waals surface area (Å²) in [6, 6.07) is 0.671. The van der Waals surface area contributed by atoms with Gasteiger partial charge in [0.05, 0.1) is 5.60 Å². The molecule has 0 aromatic rings. The maximum absolute atomic E-state index is 5.41. The average molecular weight is 214 g/mol. The highest BCUT2D eigenvalue weighted by Gasteiger charge is 2.20. The lowest BCUT2D eigenvalue weighted by Gasteiger charge is -2.26. The molecule has 0 amide bonds. The Morgan fingerprint density at radius 1 is 1.33 bits per heavy atom. The minimum Gasteiger partial charge on any atom is -0.377 e. The molecule has 1 N–H and O–H groups in total. The Kier molecular flexibility index (Phi) is 5.03. The van der Waals surface area contributed by atoms with E-state index in [4.69, 9.17) is 4.74 Å². The standard InChI is InChI=1S/C12H26N2O/c1-12(2,15-4)10-13-11-6-5-8-14(3)9-7-11/h11,13H,5-10H2,1-4H3. The third-order valence-corrected chi connectivity index (χ3v) is 3.32. The lowest BCUT2D eigenvalue weighted by atomic mass is 10.1. The highest BCUT2D eigenvalue weighted by molar-refractivity contribution is 4.78. The zero-order valence-corrected chi connectivity index (χ0v) is 10.7. The summed E-state index contributed by atoms with van der Waals surface area (Å²) >= 11 is 0. The van der Waals surface area contributed by atoms with Gasteiger partial charge in [-0.25, -0.2) is 0 Å². The topological polar surface area (TPSA) is 24.5 Å². The molecule has 1 rings (SSSR count). The maximum atomic E-state index is 5.41. The zero-order chi connectivity index (χ0) is 11.3. The molecular weight excluding hydrogens is 188 g/mol. The number of likely N-dealkylation sites (tertiary alicyclic amines) is 1. The van der Waals surface area contributed by atoms with Gasteiger partial charge in [-0.2, -0.15) is 0 Å². The number of rotatable bonds is 4. The van der Waals surface area contributed by atoms with E-state index in [1.165, 1.54) is 32.4 Å². The molecule has 0 bridgehead atoms. The molecule has 15 heavy (non-hydrogen) atoms. The van der Waals surface area contributed by atoms with Crippen molar-refractivity contribution in [1.29, 1.82) is 0 Å². The van der Waals surface area contributed by atoms with Crippen LogP contribution in [0.25, 0.3) is 0 Å². The number of nitrogens with one attached hydrogen (secondary N) is 1.